The molecule has 0 amide bonds. The minimum atomic E-state index is -0.381. The van der Waals surface area contributed by atoms with Gasteiger partial charge in [0.2, 0.25) is 0 Å². The van der Waals surface area contributed by atoms with Crippen molar-refractivity contribution in [1.29, 1.82) is 0 Å². The predicted octanol–water partition coefficient (Wildman–Crippen LogP) is 2.99. The van der Waals surface area contributed by atoms with Gasteiger partial charge in [-0.2, -0.15) is 0 Å². The van der Waals surface area contributed by atoms with Crippen molar-refractivity contribution < 1.29 is 19.0 Å². The number of methoxy groups -OCH3 is 1. The average Bonchev–Trinajstić information content (AvgIpc) is 2.92. The first-order valence-corrected chi connectivity index (χ1v) is 6.65. The highest BCUT2D eigenvalue weighted by molar-refractivity contribution is 7.12. The number of para-hydroxylation sites is 1. The topological polar surface area (TPSA) is 44.8 Å². The summed E-state index contributed by atoms with van der Waals surface area (Å²) in [5.74, 6) is 0.951. The summed E-state index contributed by atoms with van der Waals surface area (Å²) < 4.78 is 15.7. The molecule has 5 heteroatoms. The number of rotatable bonds is 6. The van der Waals surface area contributed by atoms with E-state index in [0.717, 1.165) is 5.75 Å². The maximum atomic E-state index is 11.4. The Kier molecular flexibility index (Phi) is 4.80. The first-order valence-electron chi connectivity index (χ1n) is 5.77. The van der Waals surface area contributed by atoms with Gasteiger partial charge in [-0.3, -0.25) is 0 Å². The second-order valence-corrected chi connectivity index (χ2v) is 4.53. The Balaban J connectivity index is 1.80. The number of esters is 1. The molecule has 2 rings (SSSR count). The van der Waals surface area contributed by atoms with Crippen LogP contribution in [0.4, 0.5) is 0 Å². The molecule has 19 heavy (non-hydrogen) atoms. The maximum absolute atomic E-state index is 11.4. The molecule has 2 aromatic rings. The van der Waals surface area contributed by atoms with Crippen LogP contribution in [0.25, 0.3) is 0 Å². The molecule has 0 N–H and O–H groups in total. The van der Waals surface area contributed by atoms with Gasteiger partial charge < -0.3 is 14.2 Å². The first kappa shape index (κ1) is 13.4. The fraction of sp³-hybridized carbons (Fsp3) is 0.214. The lowest BCUT2D eigenvalue weighted by Crippen LogP contribution is -2.10. The Hall–Kier alpha value is -2.01. The van der Waals surface area contributed by atoms with Gasteiger partial charge >= 0.3 is 5.97 Å². The number of carbonyl (C=O) groups is 1. The van der Waals surface area contributed by atoms with Crippen LogP contribution in [0.2, 0.25) is 0 Å². The van der Waals surface area contributed by atoms with Crippen LogP contribution in [0.3, 0.4) is 0 Å². The lowest BCUT2D eigenvalue weighted by atomic mass is 10.3. The van der Waals surface area contributed by atoms with Crippen LogP contribution in [0.1, 0.15) is 9.67 Å². The van der Waals surface area contributed by atoms with Crippen LogP contribution in [-0.2, 0) is 4.74 Å². The molecule has 0 saturated carbocycles. The van der Waals surface area contributed by atoms with E-state index in [4.69, 9.17) is 9.47 Å². The quantitative estimate of drug-likeness (QED) is 0.602. The van der Waals surface area contributed by atoms with Crippen molar-refractivity contribution in [2.45, 2.75) is 0 Å². The average molecular weight is 278 g/mol. The Morgan fingerprint density at radius 1 is 1.11 bits per heavy atom. The molecule has 0 atom stereocenters. The number of hydrogen-bond acceptors (Lipinski definition) is 5. The largest absolute Gasteiger partial charge is 0.490 e. The second kappa shape index (κ2) is 6.80. The molecule has 4 nitrogen and oxygen atoms in total. The lowest BCUT2D eigenvalue weighted by molar-refractivity contribution is 0.0601. The summed E-state index contributed by atoms with van der Waals surface area (Å²) in [5.41, 5.74) is 0. The third-order valence-electron chi connectivity index (χ3n) is 2.35. The summed E-state index contributed by atoms with van der Waals surface area (Å²) in [6.07, 6.45) is 0. The molecule has 0 radical (unpaired) electrons. The van der Waals surface area contributed by atoms with Crippen LogP contribution < -0.4 is 9.47 Å². The Labute approximate surface area is 115 Å². The van der Waals surface area contributed by atoms with E-state index in [9.17, 15) is 4.79 Å². The second-order valence-electron chi connectivity index (χ2n) is 3.62. The summed E-state index contributed by atoms with van der Waals surface area (Å²) >= 11 is 1.30. The highest BCUT2D eigenvalue weighted by atomic mass is 32.1. The summed E-state index contributed by atoms with van der Waals surface area (Å²) in [6, 6.07) is 11.3. The third-order valence-corrected chi connectivity index (χ3v) is 3.23. The van der Waals surface area contributed by atoms with E-state index in [1.54, 1.807) is 11.4 Å². The zero-order chi connectivity index (χ0) is 13.5. The minimum absolute atomic E-state index is 0.371. The van der Waals surface area contributed by atoms with Gasteiger partial charge in [0.15, 0.2) is 4.88 Å². The van der Waals surface area contributed by atoms with Crippen molar-refractivity contribution in [3.63, 3.8) is 0 Å². The fourth-order valence-electron chi connectivity index (χ4n) is 1.48. The van der Waals surface area contributed by atoms with Crippen LogP contribution >= 0.6 is 11.3 Å². The van der Waals surface area contributed by atoms with Gasteiger partial charge in [-0.05, 0) is 23.6 Å². The molecule has 0 fully saturated rings. The van der Waals surface area contributed by atoms with E-state index in [2.05, 4.69) is 4.74 Å². The molecule has 0 spiro atoms. The molecule has 0 aliphatic heterocycles. The molecule has 1 aromatic heterocycles. The molecule has 0 unspecified atom stereocenters. The molecule has 1 heterocycles. The molecule has 1 aromatic carbocycles. The smallest absolute Gasteiger partial charge is 0.351 e. The lowest BCUT2D eigenvalue weighted by Gasteiger charge is -2.08. The fourth-order valence-corrected chi connectivity index (χ4v) is 2.23. The van der Waals surface area contributed by atoms with Crippen molar-refractivity contribution >= 4 is 17.3 Å². The summed E-state index contributed by atoms with van der Waals surface area (Å²) in [7, 11) is 1.35. The van der Waals surface area contributed by atoms with E-state index in [0.29, 0.717) is 23.8 Å². The van der Waals surface area contributed by atoms with E-state index in [-0.39, 0.29) is 5.97 Å². The number of carbonyl (C=O) groups excluding carboxylic acids is 1. The summed E-state index contributed by atoms with van der Waals surface area (Å²) in [6.45, 7) is 0.788. The molecular formula is C14H14O4S. The minimum Gasteiger partial charge on any atom is -0.490 e. The van der Waals surface area contributed by atoms with Crippen molar-refractivity contribution in [1.82, 2.24) is 0 Å². The van der Waals surface area contributed by atoms with E-state index in [1.165, 1.54) is 18.4 Å². The van der Waals surface area contributed by atoms with Gasteiger partial charge in [-0.1, -0.05) is 18.2 Å². The van der Waals surface area contributed by atoms with Crippen molar-refractivity contribution in [2.75, 3.05) is 20.3 Å². The van der Waals surface area contributed by atoms with Crippen LogP contribution in [-0.4, -0.2) is 26.3 Å². The Bertz CT molecular complexity index is 521. The van der Waals surface area contributed by atoms with E-state index in [1.807, 2.05) is 30.3 Å². The highest BCUT2D eigenvalue weighted by Crippen LogP contribution is 2.25. The van der Waals surface area contributed by atoms with Gasteiger partial charge in [0.25, 0.3) is 0 Å². The van der Waals surface area contributed by atoms with E-state index >= 15 is 0 Å². The molecule has 0 aliphatic carbocycles. The van der Waals surface area contributed by atoms with Crippen molar-refractivity contribution in [3.05, 3.63) is 46.7 Å². The van der Waals surface area contributed by atoms with Gasteiger partial charge in [0.05, 0.1) is 7.11 Å². The zero-order valence-corrected chi connectivity index (χ0v) is 11.3. The van der Waals surface area contributed by atoms with Gasteiger partial charge in [0.1, 0.15) is 24.7 Å². The third kappa shape index (κ3) is 3.72. The van der Waals surface area contributed by atoms with Gasteiger partial charge in [-0.25, -0.2) is 4.79 Å². The maximum Gasteiger partial charge on any atom is 0.351 e. The first-order chi connectivity index (χ1) is 9.31. The van der Waals surface area contributed by atoms with Crippen molar-refractivity contribution in [3.8, 4) is 11.5 Å². The molecular weight excluding hydrogens is 264 g/mol. The Morgan fingerprint density at radius 2 is 1.84 bits per heavy atom. The number of benzene rings is 1. The molecule has 0 aliphatic rings. The number of hydrogen-bond donors (Lipinski definition) is 0. The molecule has 0 bridgehead atoms. The Morgan fingerprint density at radius 3 is 2.58 bits per heavy atom. The predicted molar refractivity (Wildman–Crippen MR) is 73.1 cm³/mol. The number of thiophene rings is 1. The molecule has 0 saturated heterocycles. The monoisotopic (exact) mass is 278 g/mol. The highest BCUT2D eigenvalue weighted by Gasteiger charge is 2.14. The van der Waals surface area contributed by atoms with Crippen LogP contribution in [0.5, 0.6) is 11.5 Å². The summed E-state index contributed by atoms with van der Waals surface area (Å²) in [5, 5.41) is 1.79. The zero-order valence-electron chi connectivity index (χ0n) is 10.5. The number of ether oxygens (including phenoxy) is 3. The van der Waals surface area contributed by atoms with Crippen LogP contribution in [0, 0.1) is 0 Å². The molecule has 100 valence electrons. The normalized spacial score (nSPS) is 9.95. The standard InChI is InChI=1S/C14H14O4S/c1-16-14(15)13-12(7-10-19-13)18-9-8-17-11-5-3-2-4-6-11/h2-7,10H,8-9H2,1H3. The van der Waals surface area contributed by atoms with Gasteiger partial charge in [0, 0.05) is 0 Å². The van der Waals surface area contributed by atoms with Gasteiger partial charge in [-0.15, -0.1) is 11.3 Å². The van der Waals surface area contributed by atoms with E-state index < -0.39 is 0 Å². The SMILES string of the molecule is COC(=O)c1sccc1OCCOc1ccccc1. The van der Waals surface area contributed by atoms with Crippen LogP contribution in [0.15, 0.2) is 41.8 Å². The van der Waals surface area contributed by atoms with Crippen molar-refractivity contribution in [2.24, 2.45) is 0 Å². The summed E-state index contributed by atoms with van der Waals surface area (Å²) in [4.78, 5) is 11.9.